The number of ketones is 1. The number of ether oxygens (including phenoxy) is 1. The smallest absolute Gasteiger partial charge is 0.317 e. The largest absolute Gasteiger partial charge is 0.465 e. The molecule has 144 valence electrons. The molecule has 0 amide bonds. The molecule has 2 aromatic rings. The number of hydrogen-bond donors (Lipinski definition) is 0. The molecule has 0 spiro atoms. The van der Waals surface area contributed by atoms with Crippen LogP contribution in [-0.2, 0) is 14.3 Å². The fourth-order valence-corrected chi connectivity index (χ4v) is 3.43. The van der Waals surface area contributed by atoms with Gasteiger partial charge in [-0.25, -0.2) is 4.39 Å². The summed E-state index contributed by atoms with van der Waals surface area (Å²) in [5.74, 6) is -3.17. The Kier molecular flexibility index (Phi) is 5.63. The zero-order chi connectivity index (χ0) is 20.3. The van der Waals surface area contributed by atoms with Crippen LogP contribution in [0.1, 0.15) is 30.4 Å². The number of benzene rings is 2. The third-order valence-electron chi connectivity index (χ3n) is 4.73. The molecule has 7 heteroatoms. The second-order valence-corrected chi connectivity index (χ2v) is 6.47. The third kappa shape index (κ3) is 3.98. The van der Waals surface area contributed by atoms with E-state index in [1.807, 2.05) is 0 Å². The van der Waals surface area contributed by atoms with Crippen molar-refractivity contribution in [2.75, 3.05) is 6.61 Å². The van der Waals surface area contributed by atoms with Crippen molar-refractivity contribution in [3.05, 3.63) is 81.7 Å². The van der Waals surface area contributed by atoms with E-state index in [2.05, 4.69) is 0 Å². The van der Waals surface area contributed by atoms with Gasteiger partial charge in [-0.05, 0) is 48.3 Å². The monoisotopic (exact) mass is 383 g/mol. The molecular formula is C21H18FNO5. The first kappa shape index (κ1) is 19.4. The summed E-state index contributed by atoms with van der Waals surface area (Å²) in [6.07, 6.45) is 1.67. The van der Waals surface area contributed by atoms with Crippen LogP contribution in [-0.4, -0.2) is 23.3 Å². The summed E-state index contributed by atoms with van der Waals surface area (Å²) in [7, 11) is 0. The Balaban J connectivity index is 2.05. The summed E-state index contributed by atoms with van der Waals surface area (Å²) in [4.78, 5) is 35.8. The van der Waals surface area contributed by atoms with Gasteiger partial charge in [0.1, 0.15) is 11.7 Å². The number of nitrogens with zero attached hydrogens (tertiary/aromatic N) is 1. The Bertz CT molecular complexity index is 952. The quantitative estimate of drug-likeness (QED) is 0.336. The molecule has 1 aliphatic rings. The minimum atomic E-state index is -1.08. The molecule has 0 saturated heterocycles. The summed E-state index contributed by atoms with van der Waals surface area (Å²) in [6.45, 7) is 1.77. The zero-order valence-electron chi connectivity index (χ0n) is 15.1. The minimum Gasteiger partial charge on any atom is -0.465 e. The van der Waals surface area contributed by atoms with Crippen molar-refractivity contribution in [2.45, 2.75) is 19.3 Å². The molecule has 0 aromatic heterocycles. The molecule has 0 N–H and O–H groups in total. The van der Waals surface area contributed by atoms with E-state index in [1.54, 1.807) is 25.1 Å². The van der Waals surface area contributed by atoms with E-state index in [1.165, 1.54) is 36.4 Å². The van der Waals surface area contributed by atoms with Crippen molar-refractivity contribution in [2.24, 2.45) is 5.92 Å². The van der Waals surface area contributed by atoms with Crippen LogP contribution in [0.25, 0.3) is 5.57 Å². The maximum Gasteiger partial charge on any atom is 0.317 e. The highest BCUT2D eigenvalue weighted by molar-refractivity contribution is 6.10. The van der Waals surface area contributed by atoms with Gasteiger partial charge >= 0.3 is 5.97 Å². The molecule has 6 nitrogen and oxygen atoms in total. The second-order valence-electron chi connectivity index (χ2n) is 6.47. The second kappa shape index (κ2) is 8.12. The van der Waals surface area contributed by atoms with Gasteiger partial charge in [0.2, 0.25) is 0 Å². The van der Waals surface area contributed by atoms with E-state index < -0.39 is 34.3 Å². The number of carbonyl (C=O) groups excluding carboxylic acids is 2. The molecule has 28 heavy (non-hydrogen) atoms. The lowest BCUT2D eigenvalue weighted by atomic mass is 9.73. The van der Waals surface area contributed by atoms with E-state index in [4.69, 9.17) is 4.74 Å². The summed E-state index contributed by atoms with van der Waals surface area (Å²) in [5, 5.41) is 11.1. The molecule has 0 aliphatic heterocycles. The van der Waals surface area contributed by atoms with E-state index in [-0.39, 0.29) is 12.3 Å². The minimum absolute atomic E-state index is 0.120. The van der Waals surface area contributed by atoms with E-state index >= 15 is 0 Å². The van der Waals surface area contributed by atoms with Gasteiger partial charge in [-0.15, -0.1) is 0 Å². The van der Waals surface area contributed by atoms with E-state index in [0.717, 1.165) is 0 Å². The summed E-state index contributed by atoms with van der Waals surface area (Å²) in [6, 6.07) is 11.6. The van der Waals surface area contributed by atoms with Gasteiger partial charge in [-0.2, -0.15) is 0 Å². The number of carbonyl (C=O) groups is 2. The lowest BCUT2D eigenvalue weighted by Crippen LogP contribution is -2.34. The van der Waals surface area contributed by atoms with Gasteiger partial charge < -0.3 is 4.74 Å². The normalized spacial score (nSPS) is 19.1. The van der Waals surface area contributed by atoms with Crippen LogP contribution >= 0.6 is 0 Å². The van der Waals surface area contributed by atoms with Crippen LogP contribution in [0.2, 0.25) is 0 Å². The van der Waals surface area contributed by atoms with Crippen LogP contribution in [0, 0.1) is 21.8 Å². The molecule has 2 aromatic carbocycles. The van der Waals surface area contributed by atoms with E-state index in [0.29, 0.717) is 23.1 Å². The average molecular weight is 383 g/mol. The molecule has 0 heterocycles. The Morgan fingerprint density at radius 3 is 2.61 bits per heavy atom. The van der Waals surface area contributed by atoms with Crippen LogP contribution in [0.15, 0.2) is 54.6 Å². The number of hydrogen-bond acceptors (Lipinski definition) is 5. The molecular weight excluding hydrogens is 365 g/mol. The maximum absolute atomic E-state index is 13.2. The van der Waals surface area contributed by atoms with Crippen molar-refractivity contribution in [1.29, 1.82) is 0 Å². The topological polar surface area (TPSA) is 86.5 Å². The van der Waals surface area contributed by atoms with Gasteiger partial charge in [-0.1, -0.05) is 24.3 Å². The Hall–Kier alpha value is -3.35. The zero-order valence-corrected chi connectivity index (χ0v) is 15.1. The predicted octanol–water partition coefficient (Wildman–Crippen LogP) is 4.05. The number of rotatable bonds is 5. The number of allylic oxidation sites excluding steroid dienone is 2. The third-order valence-corrected chi connectivity index (χ3v) is 4.73. The average Bonchev–Trinajstić information content (AvgIpc) is 2.68. The maximum atomic E-state index is 13.2. The lowest BCUT2D eigenvalue weighted by Gasteiger charge is -2.29. The van der Waals surface area contributed by atoms with Crippen LogP contribution < -0.4 is 0 Å². The standard InChI is InChI=1S/C21H18FNO5/c1-2-28-21(25)20-18(14-4-3-5-17(10-14)23(26)27)11-15(12-19(20)24)13-6-8-16(22)9-7-13/h3-10,12,18,20H,2,11H2,1H3/t18-,20-/m0/s1. The predicted molar refractivity (Wildman–Crippen MR) is 100.0 cm³/mol. The highest BCUT2D eigenvalue weighted by Crippen LogP contribution is 2.41. The van der Waals surface area contributed by atoms with Crippen molar-refractivity contribution < 1.29 is 23.6 Å². The lowest BCUT2D eigenvalue weighted by molar-refractivity contribution is -0.384. The number of halogens is 1. The molecule has 0 fully saturated rings. The highest BCUT2D eigenvalue weighted by atomic mass is 19.1. The molecule has 2 atom stereocenters. The molecule has 0 unspecified atom stereocenters. The van der Waals surface area contributed by atoms with Crippen LogP contribution in [0.5, 0.6) is 0 Å². The molecule has 3 rings (SSSR count). The molecule has 0 bridgehead atoms. The summed E-state index contributed by atoms with van der Waals surface area (Å²) < 4.78 is 18.3. The first-order valence-electron chi connectivity index (χ1n) is 8.82. The van der Waals surface area contributed by atoms with Crippen molar-refractivity contribution in [1.82, 2.24) is 0 Å². The summed E-state index contributed by atoms with van der Waals surface area (Å²) >= 11 is 0. The van der Waals surface area contributed by atoms with Gasteiger partial charge in [0.15, 0.2) is 5.78 Å². The number of esters is 1. The highest BCUT2D eigenvalue weighted by Gasteiger charge is 2.40. The fraction of sp³-hybridized carbons (Fsp3) is 0.238. The Morgan fingerprint density at radius 2 is 1.96 bits per heavy atom. The SMILES string of the molecule is CCOC(=O)[C@@H]1C(=O)C=C(c2ccc(F)cc2)C[C@H]1c1cccc([N+](=O)[O-])c1. The number of nitro groups is 1. The van der Waals surface area contributed by atoms with Crippen molar-refractivity contribution >= 4 is 23.0 Å². The first-order chi connectivity index (χ1) is 13.4. The first-order valence-corrected chi connectivity index (χ1v) is 8.82. The fourth-order valence-electron chi connectivity index (χ4n) is 3.43. The van der Waals surface area contributed by atoms with E-state index in [9.17, 15) is 24.1 Å². The number of non-ortho nitro benzene ring substituents is 1. The van der Waals surface area contributed by atoms with Gasteiger partial charge in [0, 0.05) is 18.1 Å². The molecule has 0 saturated carbocycles. The Morgan fingerprint density at radius 1 is 1.25 bits per heavy atom. The van der Waals surface area contributed by atoms with Crippen LogP contribution in [0.3, 0.4) is 0 Å². The number of nitro benzene ring substituents is 1. The Labute approximate surface area is 160 Å². The molecule has 0 radical (unpaired) electrons. The summed E-state index contributed by atoms with van der Waals surface area (Å²) in [5.41, 5.74) is 1.69. The van der Waals surface area contributed by atoms with Crippen LogP contribution in [0.4, 0.5) is 10.1 Å². The van der Waals surface area contributed by atoms with Gasteiger partial charge in [-0.3, -0.25) is 19.7 Å². The van der Waals surface area contributed by atoms with Gasteiger partial charge in [0.05, 0.1) is 11.5 Å². The van der Waals surface area contributed by atoms with Crippen molar-refractivity contribution in [3.8, 4) is 0 Å². The van der Waals surface area contributed by atoms with Gasteiger partial charge in [0.25, 0.3) is 5.69 Å². The molecule has 1 aliphatic carbocycles. The van der Waals surface area contributed by atoms with Crippen molar-refractivity contribution in [3.63, 3.8) is 0 Å².